The molecule has 0 radical (unpaired) electrons. The summed E-state index contributed by atoms with van der Waals surface area (Å²) in [7, 11) is 0. The molecule has 2 rings (SSSR count). The molecular weight excluding hydrogens is 198 g/mol. The fourth-order valence-electron chi connectivity index (χ4n) is 3.70. The minimum Gasteiger partial charge on any atom is -0.376 e. The SMILES string of the molecule is CC(C)(N)CO[C@@H]1C[C@H]2CC[C@@]1(C)C2(C)C. The predicted molar refractivity (Wildman–Crippen MR) is 67.2 cm³/mol. The van der Waals surface area contributed by atoms with Crippen molar-refractivity contribution < 1.29 is 4.74 Å². The second-order valence-electron chi connectivity index (χ2n) is 7.40. The molecular formula is C14H27NO. The van der Waals surface area contributed by atoms with E-state index in [4.69, 9.17) is 10.5 Å². The third-order valence-electron chi connectivity index (χ3n) is 5.37. The van der Waals surface area contributed by atoms with E-state index < -0.39 is 0 Å². The number of rotatable bonds is 3. The van der Waals surface area contributed by atoms with Crippen LogP contribution < -0.4 is 5.73 Å². The van der Waals surface area contributed by atoms with Gasteiger partial charge in [-0.25, -0.2) is 0 Å². The molecule has 94 valence electrons. The monoisotopic (exact) mass is 225 g/mol. The van der Waals surface area contributed by atoms with Crippen LogP contribution in [0.4, 0.5) is 0 Å². The van der Waals surface area contributed by atoms with Gasteiger partial charge in [0.05, 0.1) is 12.7 Å². The van der Waals surface area contributed by atoms with E-state index in [1.807, 2.05) is 13.8 Å². The van der Waals surface area contributed by atoms with Crippen molar-refractivity contribution in [3.05, 3.63) is 0 Å². The van der Waals surface area contributed by atoms with Crippen LogP contribution in [0.15, 0.2) is 0 Å². The maximum absolute atomic E-state index is 6.11. The first-order valence-electron chi connectivity index (χ1n) is 6.57. The molecule has 2 nitrogen and oxygen atoms in total. The van der Waals surface area contributed by atoms with Crippen LogP contribution in [-0.2, 0) is 4.74 Å². The molecule has 2 bridgehead atoms. The second kappa shape index (κ2) is 3.46. The minimum atomic E-state index is -0.206. The van der Waals surface area contributed by atoms with Crippen molar-refractivity contribution in [3.8, 4) is 0 Å². The minimum absolute atomic E-state index is 0.206. The summed E-state index contributed by atoms with van der Waals surface area (Å²) in [4.78, 5) is 0. The topological polar surface area (TPSA) is 35.2 Å². The summed E-state index contributed by atoms with van der Waals surface area (Å²) < 4.78 is 6.11. The highest BCUT2D eigenvalue weighted by molar-refractivity contribution is 5.11. The van der Waals surface area contributed by atoms with E-state index in [0.717, 1.165) is 5.92 Å². The summed E-state index contributed by atoms with van der Waals surface area (Å²) in [5.74, 6) is 0.850. The Morgan fingerprint density at radius 1 is 1.31 bits per heavy atom. The van der Waals surface area contributed by atoms with Crippen LogP contribution in [-0.4, -0.2) is 18.2 Å². The normalized spacial score (nSPS) is 41.6. The molecule has 3 atom stereocenters. The van der Waals surface area contributed by atoms with Crippen LogP contribution in [0.5, 0.6) is 0 Å². The molecule has 0 amide bonds. The first kappa shape index (κ1) is 12.4. The number of fused-ring (bicyclic) bond motifs is 2. The standard InChI is InChI=1S/C14H27NO/c1-12(2,15)9-16-11-8-10-6-7-14(11,5)13(10,3)4/h10-11H,6-9,15H2,1-5H3/t10-,11-,14-/m1/s1. The van der Waals surface area contributed by atoms with Gasteiger partial charge in [-0.1, -0.05) is 20.8 Å². The van der Waals surface area contributed by atoms with Gasteiger partial charge in [0.2, 0.25) is 0 Å². The van der Waals surface area contributed by atoms with Gasteiger partial charge in [0, 0.05) is 5.54 Å². The van der Waals surface area contributed by atoms with Gasteiger partial charge in [-0.15, -0.1) is 0 Å². The van der Waals surface area contributed by atoms with E-state index >= 15 is 0 Å². The highest BCUT2D eigenvalue weighted by Gasteiger charge is 2.61. The third-order valence-corrected chi connectivity index (χ3v) is 5.37. The van der Waals surface area contributed by atoms with Gasteiger partial charge in [-0.2, -0.15) is 0 Å². The lowest BCUT2D eigenvalue weighted by atomic mass is 9.70. The smallest absolute Gasteiger partial charge is 0.0644 e. The highest BCUT2D eigenvalue weighted by atomic mass is 16.5. The zero-order chi connectivity index (χ0) is 12.2. The van der Waals surface area contributed by atoms with Crippen molar-refractivity contribution >= 4 is 0 Å². The largest absolute Gasteiger partial charge is 0.376 e. The van der Waals surface area contributed by atoms with Gasteiger partial charge in [0.1, 0.15) is 0 Å². The molecule has 0 aromatic heterocycles. The van der Waals surface area contributed by atoms with Crippen LogP contribution in [0.3, 0.4) is 0 Å². The first-order chi connectivity index (χ1) is 7.17. The van der Waals surface area contributed by atoms with E-state index in [-0.39, 0.29) is 5.54 Å². The van der Waals surface area contributed by atoms with Gasteiger partial charge in [0.15, 0.2) is 0 Å². The van der Waals surface area contributed by atoms with Crippen molar-refractivity contribution in [3.63, 3.8) is 0 Å². The van der Waals surface area contributed by atoms with Gasteiger partial charge >= 0.3 is 0 Å². The van der Waals surface area contributed by atoms with E-state index in [0.29, 0.717) is 23.5 Å². The van der Waals surface area contributed by atoms with Gasteiger partial charge in [0.25, 0.3) is 0 Å². The summed E-state index contributed by atoms with van der Waals surface area (Å²) in [5.41, 5.74) is 6.60. The van der Waals surface area contributed by atoms with Gasteiger partial charge in [-0.3, -0.25) is 0 Å². The molecule has 0 aliphatic heterocycles. The Balaban J connectivity index is 2.05. The van der Waals surface area contributed by atoms with Crippen LogP contribution in [0, 0.1) is 16.7 Å². The second-order valence-corrected chi connectivity index (χ2v) is 7.40. The molecule has 16 heavy (non-hydrogen) atoms. The molecule has 2 aliphatic rings. The molecule has 0 spiro atoms. The lowest BCUT2D eigenvalue weighted by Gasteiger charge is -2.39. The average molecular weight is 225 g/mol. The van der Waals surface area contributed by atoms with Crippen molar-refractivity contribution in [2.24, 2.45) is 22.5 Å². The number of ether oxygens (including phenoxy) is 1. The Labute approximate surface area is 99.9 Å². The van der Waals surface area contributed by atoms with Crippen LogP contribution in [0.25, 0.3) is 0 Å². The van der Waals surface area contributed by atoms with Crippen molar-refractivity contribution in [1.29, 1.82) is 0 Å². The Bertz CT molecular complexity index is 279. The van der Waals surface area contributed by atoms with E-state index in [9.17, 15) is 0 Å². The molecule has 2 aliphatic carbocycles. The predicted octanol–water partition coefficient (Wildman–Crippen LogP) is 2.96. The van der Waals surface area contributed by atoms with Gasteiger partial charge < -0.3 is 10.5 Å². The summed E-state index contributed by atoms with van der Waals surface area (Å²) in [5, 5.41) is 0. The molecule has 0 saturated heterocycles. The summed E-state index contributed by atoms with van der Waals surface area (Å²) in [6.07, 6.45) is 4.36. The summed E-state index contributed by atoms with van der Waals surface area (Å²) in [6, 6.07) is 0. The molecule has 2 saturated carbocycles. The molecule has 2 N–H and O–H groups in total. The maximum Gasteiger partial charge on any atom is 0.0644 e. The fraction of sp³-hybridized carbons (Fsp3) is 1.00. The Hall–Kier alpha value is -0.0800. The van der Waals surface area contributed by atoms with E-state index in [1.54, 1.807) is 0 Å². The quantitative estimate of drug-likeness (QED) is 0.801. The van der Waals surface area contributed by atoms with Crippen molar-refractivity contribution in [2.45, 2.75) is 65.5 Å². The Morgan fingerprint density at radius 2 is 1.94 bits per heavy atom. The lowest BCUT2D eigenvalue weighted by molar-refractivity contribution is -0.0591. The molecule has 2 heteroatoms. The van der Waals surface area contributed by atoms with Crippen molar-refractivity contribution in [2.75, 3.05) is 6.61 Å². The molecule has 0 unspecified atom stereocenters. The highest BCUT2D eigenvalue weighted by Crippen LogP contribution is 2.66. The average Bonchev–Trinajstić information content (AvgIpc) is 2.45. The molecule has 0 aromatic carbocycles. The summed E-state index contributed by atoms with van der Waals surface area (Å²) in [6.45, 7) is 12.0. The van der Waals surface area contributed by atoms with E-state index in [1.165, 1.54) is 19.3 Å². The molecule has 0 heterocycles. The van der Waals surface area contributed by atoms with Crippen molar-refractivity contribution in [1.82, 2.24) is 0 Å². The number of hydrogen-bond acceptors (Lipinski definition) is 2. The number of nitrogens with two attached hydrogens (primary N) is 1. The van der Waals surface area contributed by atoms with Crippen LogP contribution in [0.2, 0.25) is 0 Å². The third kappa shape index (κ3) is 1.70. The van der Waals surface area contributed by atoms with Crippen LogP contribution >= 0.6 is 0 Å². The van der Waals surface area contributed by atoms with Crippen LogP contribution in [0.1, 0.15) is 53.9 Å². The Morgan fingerprint density at radius 3 is 2.31 bits per heavy atom. The summed E-state index contributed by atoms with van der Waals surface area (Å²) >= 11 is 0. The Kier molecular flexibility index (Phi) is 2.67. The number of hydrogen-bond donors (Lipinski definition) is 1. The maximum atomic E-state index is 6.11. The van der Waals surface area contributed by atoms with E-state index in [2.05, 4.69) is 20.8 Å². The zero-order valence-electron chi connectivity index (χ0n) is 11.5. The van der Waals surface area contributed by atoms with Gasteiger partial charge in [-0.05, 0) is 49.9 Å². The first-order valence-corrected chi connectivity index (χ1v) is 6.57. The zero-order valence-corrected chi connectivity index (χ0v) is 11.5. The molecule has 0 aromatic rings. The fourth-order valence-corrected chi connectivity index (χ4v) is 3.70. The molecule has 2 fully saturated rings. The lowest BCUT2D eigenvalue weighted by Crippen LogP contribution is -2.43.